The molecule has 146 valence electrons. The fourth-order valence-electron chi connectivity index (χ4n) is 2.73. The summed E-state index contributed by atoms with van der Waals surface area (Å²) in [6.45, 7) is 1.90. The molecule has 0 spiro atoms. The Hall–Kier alpha value is -3.28. The van der Waals surface area contributed by atoms with Crippen molar-refractivity contribution in [2.45, 2.75) is 19.8 Å². The fraction of sp³-hybridized carbons (Fsp3) is 0.273. The number of hydrogen-bond donors (Lipinski definition) is 2. The van der Waals surface area contributed by atoms with Crippen LogP contribution < -0.4 is 20.1 Å². The first-order chi connectivity index (χ1) is 13.5. The molecule has 0 aromatic heterocycles. The molecule has 6 nitrogen and oxygen atoms in total. The monoisotopic (exact) mass is 380 g/mol. The summed E-state index contributed by atoms with van der Waals surface area (Å²) >= 11 is 0. The van der Waals surface area contributed by atoms with E-state index in [-0.39, 0.29) is 17.7 Å². The summed E-state index contributed by atoms with van der Waals surface area (Å²) in [4.78, 5) is 24.3. The second-order valence-corrected chi connectivity index (χ2v) is 6.72. The topological polar surface area (TPSA) is 76.7 Å². The lowest BCUT2D eigenvalue weighted by atomic mass is 10.1. The van der Waals surface area contributed by atoms with Gasteiger partial charge in [-0.2, -0.15) is 0 Å². The van der Waals surface area contributed by atoms with Crippen LogP contribution in [0.25, 0.3) is 6.08 Å². The Bertz CT molecular complexity index is 917. The van der Waals surface area contributed by atoms with Crippen LogP contribution in [-0.2, 0) is 9.59 Å². The Labute approximate surface area is 164 Å². The Balaban J connectivity index is 1.70. The molecule has 1 aliphatic carbocycles. The van der Waals surface area contributed by atoms with Gasteiger partial charge in [0.2, 0.25) is 11.8 Å². The van der Waals surface area contributed by atoms with Gasteiger partial charge in [0.15, 0.2) is 0 Å². The standard InChI is InChI=1S/C22H24N2O4/c1-14-4-8-17(23-22(26)15-5-6-15)13-19(14)24-21(25)11-7-16-12-18(27-2)9-10-20(16)28-3/h4,7-13,15H,5-6H2,1-3H3,(H,23,26)(H,24,25)/b11-7+. The highest BCUT2D eigenvalue weighted by Gasteiger charge is 2.29. The zero-order valence-corrected chi connectivity index (χ0v) is 16.2. The predicted molar refractivity (Wildman–Crippen MR) is 110 cm³/mol. The number of aryl methyl sites for hydroxylation is 1. The third kappa shape index (κ3) is 4.91. The van der Waals surface area contributed by atoms with E-state index in [1.54, 1.807) is 44.6 Å². The molecule has 2 amide bonds. The summed E-state index contributed by atoms with van der Waals surface area (Å²) < 4.78 is 10.5. The van der Waals surface area contributed by atoms with Crippen molar-refractivity contribution in [1.82, 2.24) is 0 Å². The third-order valence-electron chi connectivity index (χ3n) is 4.56. The highest BCUT2D eigenvalue weighted by molar-refractivity contribution is 6.03. The number of rotatable bonds is 7. The van der Waals surface area contributed by atoms with Crippen LogP contribution in [0.4, 0.5) is 11.4 Å². The molecule has 28 heavy (non-hydrogen) atoms. The maximum Gasteiger partial charge on any atom is 0.248 e. The molecule has 0 aliphatic heterocycles. The second kappa shape index (κ2) is 8.61. The minimum absolute atomic E-state index is 0.0335. The van der Waals surface area contributed by atoms with E-state index in [9.17, 15) is 9.59 Å². The lowest BCUT2D eigenvalue weighted by Gasteiger charge is -2.11. The van der Waals surface area contributed by atoms with Crippen molar-refractivity contribution in [2.75, 3.05) is 24.9 Å². The minimum Gasteiger partial charge on any atom is -0.497 e. The molecular formula is C22H24N2O4. The maximum absolute atomic E-state index is 12.4. The number of carbonyl (C=O) groups excluding carboxylic acids is 2. The van der Waals surface area contributed by atoms with Crippen molar-refractivity contribution in [2.24, 2.45) is 5.92 Å². The lowest BCUT2D eigenvalue weighted by molar-refractivity contribution is -0.117. The molecule has 1 fully saturated rings. The number of carbonyl (C=O) groups is 2. The molecule has 0 unspecified atom stereocenters. The molecule has 0 saturated heterocycles. The maximum atomic E-state index is 12.4. The SMILES string of the molecule is COc1ccc(OC)c(/C=C/C(=O)Nc2cc(NC(=O)C3CC3)ccc2C)c1. The first-order valence-electron chi connectivity index (χ1n) is 9.12. The van der Waals surface area contributed by atoms with Gasteiger partial charge in [0.1, 0.15) is 11.5 Å². The Morgan fingerprint density at radius 1 is 1.04 bits per heavy atom. The van der Waals surface area contributed by atoms with Crippen LogP contribution in [0.2, 0.25) is 0 Å². The van der Waals surface area contributed by atoms with Crippen LogP contribution >= 0.6 is 0 Å². The van der Waals surface area contributed by atoms with Crippen LogP contribution in [0.1, 0.15) is 24.0 Å². The number of methoxy groups -OCH3 is 2. The van der Waals surface area contributed by atoms with Crippen LogP contribution in [0.15, 0.2) is 42.5 Å². The zero-order chi connectivity index (χ0) is 20.1. The molecule has 2 aromatic rings. The third-order valence-corrected chi connectivity index (χ3v) is 4.56. The molecule has 0 bridgehead atoms. The van der Waals surface area contributed by atoms with Gasteiger partial charge in [-0.05, 0) is 61.7 Å². The van der Waals surface area contributed by atoms with Gasteiger partial charge < -0.3 is 20.1 Å². The quantitative estimate of drug-likeness (QED) is 0.712. The summed E-state index contributed by atoms with van der Waals surface area (Å²) in [5.74, 6) is 1.20. The van der Waals surface area contributed by atoms with Crippen LogP contribution in [0.3, 0.4) is 0 Å². The van der Waals surface area contributed by atoms with Crippen molar-refractivity contribution in [3.8, 4) is 11.5 Å². The van der Waals surface area contributed by atoms with E-state index in [1.807, 2.05) is 19.1 Å². The molecule has 2 aromatic carbocycles. The largest absolute Gasteiger partial charge is 0.497 e. The van der Waals surface area contributed by atoms with Gasteiger partial charge in [-0.3, -0.25) is 9.59 Å². The summed E-state index contributed by atoms with van der Waals surface area (Å²) in [5, 5.41) is 5.75. The van der Waals surface area contributed by atoms with Gasteiger partial charge in [0, 0.05) is 28.9 Å². The van der Waals surface area contributed by atoms with E-state index in [1.165, 1.54) is 6.08 Å². The molecule has 0 atom stereocenters. The normalized spacial score (nSPS) is 13.2. The predicted octanol–water partition coefficient (Wildman–Crippen LogP) is 4.01. The smallest absolute Gasteiger partial charge is 0.248 e. The second-order valence-electron chi connectivity index (χ2n) is 6.72. The number of nitrogens with one attached hydrogen (secondary N) is 2. The van der Waals surface area contributed by atoms with Gasteiger partial charge in [0.25, 0.3) is 0 Å². The van der Waals surface area contributed by atoms with Crippen molar-refractivity contribution in [1.29, 1.82) is 0 Å². The summed E-state index contributed by atoms with van der Waals surface area (Å²) in [6.07, 6.45) is 5.00. The minimum atomic E-state index is -0.279. The molecule has 0 heterocycles. The average molecular weight is 380 g/mol. The van der Waals surface area contributed by atoms with Gasteiger partial charge in [-0.25, -0.2) is 0 Å². The lowest BCUT2D eigenvalue weighted by Crippen LogP contribution is -2.14. The summed E-state index contributed by atoms with van der Waals surface area (Å²) in [7, 11) is 3.16. The zero-order valence-electron chi connectivity index (χ0n) is 16.2. The van der Waals surface area contributed by atoms with E-state index in [2.05, 4.69) is 10.6 Å². The van der Waals surface area contributed by atoms with Crippen molar-refractivity contribution >= 4 is 29.3 Å². The van der Waals surface area contributed by atoms with Crippen LogP contribution in [0.5, 0.6) is 11.5 Å². The first-order valence-corrected chi connectivity index (χ1v) is 9.12. The fourth-order valence-corrected chi connectivity index (χ4v) is 2.73. The average Bonchev–Trinajstić information content (AvgIpc) is 3.54. The number of anilines is 2. The van der Waals surface area contributed by atoms with Gasteiger partial charge in [-0.15, -0.1) is 0 Å². The van der Waals surface area contributed by atoms with Crippen molar-refractivity contribution in [3.05, 3.63) is 53.6 Å². The molecule has 3 rings (SSSR count). The molecular weight excluding hydrogens is 356 g/mol. The highest BCUT2D eigenvalue weighted by Crippen LogP contribution is 2.31. The number of benzene rings is 2. The highest BCUT2D eigenvalue weighted by atomic mass is 16.5. The summed E-state index contributed by atoms with van der Waals surface area (Å²) in [6, 6.07) is 10.8. The first kappa shape index (κ1) is 19.5. The molecule has 0 radical (unpaired) electrons. The summed E-state index contributed by atoms with van der Waals surface area (Å²) in [5.41, 5.74) is 2.97. The van der Waals surface area contributed by atoms with E-state index in [0.29, 0.717) is 22.9 Å². The van der Waals surface area contributed by atoms with Gasteiger partial charge >= 0.3 is 0 Å². The van der Waals surface area contributed by atoms with Gasteiger partial charge in [0.05, 0.1) is 14.2 Å². The molecule has 1 saturated carbocycles. The van der Waals surface area contributed by atoms with Crippen LogP contribution in [-0.4, -0.2) is 26.0 Å². The van der Waals surface area contributed by atoms with Crippen molar-refractivity contribution in [3.63, 3.8) is 0 Å². The van der Waals surface area contributed by atoms with Crippen LogP contribution in [0, 0.1) is 12.8 Å². The van der Waals surface area contributed by atoms with E-state index < -0.39 is 0 Å². The van der Waals surface area contributed by atoms with Crippen molar-refractivity contribution < 1.29 is 19.1 Å². The Kier molecular flexibility index (Phi) is 5.99. The van der Waals surface area contributed by atoms with E-state index >= 15 is 0 Å². The van der Waals surface area contributed by atoms with Gasteiger partial charge in [-0.1, -0.05) is 6.07 Å². The van der Waals surface area contributed by atoms with E-state index in [0.717, 1.165) is 24.0 Å². The van der Waals surface area contributed by atoms with E-state index in [4.69, 9.17) is 9.47 Å². The number of amides is 2. The Morgan fingerprint density at radius 2 is 1.82 bits per heavy atom. The molecule has 2 N–H and O–H groups in total. The number of ether oxygens (including phenoxy) is 2. The Morgan fingerprint density at radius 3 is 2.50 bits per heavy atom. The number of hydrogen-bond acceptors (Lipinski definition) is 4. The molecule has 6 heteroatoms. The molecule has 1 aliphatic rings.